The fraction of sp³-hybridized carbons (Fsp3) is 0.400. The molecule has 2 bridgehead atoms. The van der Waals surface area contributed by atoms with Crippen LogP contribution in [0.3, 0.4) is 0 Å². The molecule has 0 saturated heterocycles. The quantitative estimate of drug-likeness (QED) is 0.687. The molecule has 0 radical (unpaired) electrons. The van der Waals surface area contributed by atoms with Crippen LogP contribution in [0.4, 0.5) is 4.39 Å². The molecule has 2 unspecified atom stereocenters. The Labute approximate surface area is 165 Å². The van der Waals surface area contributed by atoms with Crippen molar-refractivity contribution in [3.63, 3.8) is 0 Å². The molecular weight excluding hydrogens is 383 g/mol. The maximum Gasteiger partial charge on any atom is 0.307 e. The lowest BCUT2D eigenvalue weighted by atomic mass is 9.77. The number of fused-ring (bicyclic) bond motifs is 3. The van der Waals surface area contributed by atoms with E-state index in [0.717, 1.165) is 30.8 Å². The van der Waals surface area contributed by atoms with Gasteiger partial charge in [0.1, 0.15) is 5.65 Å². The first-order valence-corrected chi connectivity index (χ1v) is 9.76. The minimum atomic E-state index is -0.774. The van der Waals surface area contributed by atoms with Crippen molar-refractivity contribution in [3.8, 4) is 11.4 Å². The number of nitrogens with one attached hydrogen (secondary N) is 1. The third-order valence-corrected chi connectivity index (χ3v) is 6.56. The molecule has 6 nitrogen and oxygen atoms in total. The van der Waals surface area contributed by atoms with Crippen molar-refractivity contribution >= 4 is 28.6 Å². The number of hydrogen-bond donors (Lipinski definition) is 2. The Balaban J connectivity index is 1.51. The molecule has 0 amide bonds. The van der Waals surface area contributed by atoms with E-state index in [9.17, 15) is 14.3 Å². The van der Waals surface area contributed by atoms with Crippen molar-refractivity contribution in [2.75, 3.05) is 0 Å². The van der Waals surface area contributed by atoms with Gasteiger partial charge in [-0.25, -0.2) is 19.3 Å². The van der Waals surface area contributed by atoms with Gasteiger partial charge in [0.05, 0.1) is 22.8 Å². The number of hydrogen-bond acceptors (Lipinski definition) is 4. The van der Waals surface area contributed by atoms with Crippen LogP contribution in [0.25, 0.3) is 22.4 Å². The minimum absolute atomic E-state index is 0.0763. The lowest BCUT2D eigenvalue weighted by Gasteiger charge is -2.27. The number of rotatable bonds is 4. The predicted octanol–water partition coefficient (Wildman–Crippen LogP) is 4.10. The predicted molar refractivity (Wildman–Crippen MR) is 101 cm³/mol. The lowest BCUT2D eigenvalue weighted by Crippen LogP contribution is -2.31. The molecule has 0 aromatic carbocycles. The molecule has 28 heavy (non-hydrogen) atoms. The number of carboxylic acid groups (broad SMARTS) is 1. The Kier molecular flexibility index (Phi) is 4.08. The molecule has 3 heterocycles. The highest BCUT2D eigenvalue weighted by Crippen LogP contribution is 2.53. The Hall–Kier alpha value is -2.54. The largest absolute Gasteiger partial charge is 0.481 e. The van der Waals surface area contributed by atoms with Crippen molar-refractivity contribution in [3.05, 3.63) is 41.2 Å². The molecule has 3 aromatic heterocycles. The zero-order valence-electron chi connectivity index (χ0n) is 14.9. The number of aromatic nitrogens is 4. The van der Waals surface area contributed by atoms with Crippen molar-refractivity contribution in [2.24, 2.45) is 23.7 Å². The highest BCUT2D eigenvalue weighted by molar-refractivity contribution is 6.31. The summed E-state index contributed by atoms with van der Waals surface area (Å²) in [5.74, 6) is -0.836. The number of pyridine rings is 1. The number of H-pyrrole nitrogens is 1. The van der Waals surface area contributed by atoms with Gasteiger partial charge in [-0.05, 0) is 49.5 Å². The zero-order valence-corrected chi connectivity index (χ0v) is 15.7. The van der Waals surface area contributed by atoms with Gasteiger partial charge in [0.15, 0.2) is 11.6 Å². The fourth-order valence-corrected chi connectivity index (χ4v) is 5.31. The van der Waals surface area contributed by atoms with Gasteiger partial charge in [0.2, 0.25) is 0 Å². The van der Waals surface area contributed by atoms with E-state index in [1.165, 1.54) is 0 Å². The van der Waals surface area contributed by atoms with Gasteiger partial charge in [0, 0.05) is 23.3 Å². The first kappa shape index (κ1) is 17.6. The molecule has 2 aliphatic rings. The molecule has 8 heteroatoms. The van der Waals surface area contributed by atoms with E-state index in [2.05, 4.69) is 19.9 Å². The summed E-state index contributed by atoms with van der Waals surface area (Å²) in [4.78, 5) is 27.6. The molecule has 2 aliphatic carbocycles. The number of aromatic amines is 1. The molecule has 2 saturated carbocycles. The van der Waals surface area contributed by atoms with Crippen LogP contribution in [-0.2, 0) is 11.2 Å². The maximum absolute atomic E-state index is 14.5. The molecule has 0 aliphatic heterocycles. The summed E-state index contributed by atoms with van der Waals surface area (Å²) in [5, 5.41) is 10.9. The van der Waals surface area contributed by atoms with Gasteiger partial charge in [-0.2, -0.15) is 0 Å². The highest BCUT2D eigenvalue weighted by Gasteiger charge is 2.51. The standard InChI is InChI=1S/C20H18ClFN4O2/c21-11-4-13-14(7-24-18(13)23-6-11)19-25-8-15(22)16(26-19)5-12-9-1-2-10(3-9)17(12)20(27)28/h4,6-10,12,17H,1-3,5H2,(H,23,24)(H,27,28)/t9-,10?,12?,17+/m0/s1. The molecule has 144 valence electrons. The summed E-state index contributed by atoms with van der Waals surface area (Å²) < 4.78 is 14.5. The van der Waals surface area contributed by atoms with Gasteiger partial charge in [-0.1, -0.05) is 11.6 Å². The molecule has 5 rings (SSSR count). The number of carbonyl (C=O) groups is 1. The summed E-state index contributed by atoms with van der Waals surface area (Å²) in [6.45, 7) is 0. The third kappa shape index (κ3) is 2.76. The van der Waals surface area contributed by atoms with E-state index in [1.807, 2.05) is 0 Å². The summed E-state index contributed by atoms with van der Waals surface area (Å²) in [5.41, 5.74) is 1.61. The van der Waals surface area contributed by atoms with Crippen molar-refractivity contribution in [1.29, 1.82) is 0 Å². The van der Waals surface area contributed by atoms with E-state index in [4.69, 9.17) is 11.6 Å². The summed E-state index contributed by atoms with van der Waals surface area (Å²) in [6, 6.07) is 1.76. The van der Waals surface area contributed by atoms with Crippen molar-refractivity contribution < 1.29 is 14.3 Å². The van der Waals surface area contributed by atoms with E-state index < -0.39 is 17.7 Å². The second-order valence-corrected chi connectivity index (χ2v) is 8.24. The fourth-order valence-electron chi connectivity index (χ4n) is 5.15. The van der Waals surface area contributed by atoms with Crippen LogP contribution in [0, 0.1) is 29.5 Å². The molecule has 4 atom stereocenters. The van der Waals surface area contributed by atoms with E-state index >= 15 is 0 Å². The second kappa shape index (κ2) is 6.51. The van der Waals surface area contributed by atoms with Gasteiger partial charge >= 0.3 is 5.97 Å². The number of carboxylic acids is 1. The van der Waals surface area contributed by atoms with E-state index in [0.29, 0.717) is 34.4 Å². The Morgan fingerprint density at radius 1 is 1.29 bits per heavy atom. The number of aliphatic carboxylic acids is 1. The summed E-state index contributed by atoms with van der Waals surface area (Å²) in [7, 11) is 0. The highest BCUT2D eigenvalue weighted by atomic mass is 35.5. The monoisotopic (exact) mass is 400 g/mol. The third-order valence-electron chi connectivity index (χ3n) is 6.36. The van der Waals surface area contributed by atoms with Gasteiger partial charge in [-0.3, -0.25) is 4.79 Å². The van der Waals surface area contributed by atoms with E-state index in [-0.39, 0.29) is 17.5 Å². The SMILES string of the molecule is O=C(O)[C@@H]1C2CC[C@@H](C2)C1Cc1nc(-c2c[nH]c3ncc(Cl)cc23)ncc1F. The average Bonchev–Trinajstić information content (AvgIpc) is 3.37. The van der Waals surface area contributed by atoms with Crippen LogP contribution in [0.5, 0.6) is 0 Å². The van der Waals surface area contributed by atoms with Crippen LogP contribution in [0.2, 0.25) is 5.02 Å². The lowest BCUT2D eigenvalue weighted by molar-refractivity contribution is -0.145. The summed E-state index contributed by atoms with van der Waals surface area (Å²) >= 11 is 6.05. The van der Waals surface area contributed by atoms with Crippen molar-refractivity contribution in [2.45, 2.75) is 25.7 Å². The Bertz CT molecular complexity index is 1090. The van der Waals surface area contributed by atoms with Gasteiger partial charge < -0.3 is 10.1 Å². The van der Waals surface area contributed by atoms with Crippen LogP contribution in [0.1, 0.15) is 25.0 Å². The van der Waals surface area contributed by atoms with Crippen LogP contribution >= 0.6 is 11.6 Å². The number of nitrogens with zero attached hydrogens (tertiary/aromatic N) is 3. The molecule has 3 aromatic rings. The average molecular weight is 401 g/mol. The van der Waals surface area contributed by atoms with Crippen LogP contribution < -0.4 is 0 Å². The molecule has 0 spiro atoms. The smallest absolute Gasteiger partial charge is 0.307 e. The first-order chi connectivity index (χ1) is 13.5. The Morgan fingerprint density at radius 2 is 2.11 bits per heavy atom. The van der Waals surface area contributed by atoms with Gasteiger partial charge in [-0.15, -0.1) is 0 Å². The van der Waals surface area contributed by atoms with Crippen LogP contribution in [-0.4, -0.2) is 31.0 Å². The Morgan fingerprint density at radius 3 is 2.93 bits per heavy atom. The normalized spacial score (nSPS) is 26.2. The van der Waals surface area contributed by atoms with Gasteiger partial charge in [0.25, 0.3) is 0 Å². The topological polar surface area (TPSA) is 91.8 Å². The molecular formula is C20H18ClFN4O2. The zero-order chi connectivity index (χ0) is 19.4. The minimum Gasteiger partial charge on any atom is -0.481 e. The molecule has 2 N–H and O–H groups in total. The summed E-state index contributed by atoms with van der Waals surface area (Å²) in [6.07, 6.45) is 7.65. The first-order valence-electron chi connectivity index (χ1n) is 9.38. The second-order valence-electron chi connectivity index (χ2n) is 7.81. The van der Waals surface area contributed by atoms with Crippen LogP contribution in [0.15, 0.2) is 24.7 Å². The van der Waals surface area contributed by atoms with Crippen molar-refractivity contribution in [1.82, 2.24) is 19.9 Å². The number of halogens is 2. The maximum atomic E-state index is 14.5. The molecule has 2 fully saturated rings. The van der Waals surface area contributed by atoms with E-state index in [1.54, 1.807) is 18.5 Å².